The zero-order chi connectivity index (χ0) is 14.9. The van der Waals surface area contributed by atoms with Crippen LogP contribution in [-0.2, 0) is 10.9 Å². The van der Waals surface area contributed by atoms with Crippen molar-refractivity contribution in [3.05, 3.63) is 40.2 Å². The second-order valence-corrected chi connectivity index (χ2v) is 5.60. The molecule has 1 unspecified atom stereocenters. The molecular formula is C14H13F3N2OS. The number of hydrogen-bond acceptors (Lipinski definition) is 4. The van der Waals surface area contributed by atoms with Crippen molar-refractivity contribution in [1.29, 1.82) is 0 Å². The molecule has 0 amide bonds. The van der Waals surface area contributed by atoms with Gasteiger partial charge in [0, 0.05) is 24.0 Å². The van der Waals surface area contributed by atoms with Crippen molar-refractivity contribution in [2.75, 3.05) is 19.7 Å². The van der Waals surface area contributed by atoms with Gasteiger partial charge in [0.05, 0.1) is 17.9 Å². The van der Waals surface area contributed by atoms with Crippen LogP contribution in [0, 0.1) is 0 Å². The third-order valence-corrected chi connectivity index (χ3v) is 4.17. The summed E-state index contributed by atoms with van der Waals surface area (Å²) in [5.41, 5.74) is 0.702. The Kier molecular flexibility index (Phi) is 3.97. The lowest BCUT2D eigenvalue weighted by molar-refractivity contribution is -0.137. The molecule has 2 aromatic rings. The predicted molar refractivity (Wildman–Crippen MR) is 74.1 cm³/mol. The molecule has 3 rings (SSSR count). The molecule has 112 valence electrons. The fraction of sp³-hybridized carbons (Fsp3) is 0.357. The van der Waals surface area contributed by atoms with E-state index in [0.717, 1.165) is 23.7 Å². The van der Waals surface area contributed by atoms with Gasteiger partial charge in [0.1, 0.15) is 11.1 Å². The van der Waals surface area contributed by atoms with Gasteiger partial charge in [-0.15, -0.1) is 11.3 Å². The van der Waals surface area contributed by atoms with Crippen LogP contribution in [0.1, 0.15) is 16.7 Å². The van der Waals surface area contributed by atoms with Crippen molar-refractivity contribution in [3.8, 4) is 11.3 Å². The highest BCUT2D eigenvalue weighted by molar-refractivity contribution is 7.10. The normalized spacial score (nSPS) is 19.7. The zero-order valence-corrected chi connectivity index (χ0v) is 11.8. The average Bonchev–Trinajstić information content (AvgIpc) is 2.97. The molecule has 7 heteroatoms. The van der Waals surface area contributed by atoms with Gasteiger partial charge in [0.15, 0.2) is 0 Å². The highest BCUT2D eigenvalue weighted by Gasteiger charge is 2.30. The monoisotopic (exact) mass is 314 g/mol. The molecule has 1 aliphatic heterocycles. The number of halogens is 3. The van der Waals surface area contributed by atoms with Crippen LogP contribution in [-0.4, -0.2) is 24.7 Å². The Bertz CT molecular complexity index is 603. The molecule has 21 heavy (non-hydrogen) atoms. The summed E-state index contributed by atoms with van der Waals surface area (Å²) in [7, 11) is 0. The van der Waals surface area contributed by atoms with Crippen LogP contribution in [0.5, 0.6) is 0 Å². The minimum absolute atomic E-state index is 0.0769. The number of ether oxygens (including phenoxy) is 1. The number of nitrogens with zero attached hydrogens (tertiary/aromatic N) is 1. The Balaban J connectivity index is 1.79. The van der Waals surface area contributed by atoms with Gasteiger partial charge in [-0.05, 0) is 12.1 Å². The van der Waals surface area contributed by atoms with E-state index in [4.69, 9.17) is 4.74 Å². The van der Waals surface area contributed by atoms with Crippen LogP contribution in [0.2, 0.25) is 0 Å². The Morgan fingerprint density at radius 2 is 2.00 bits per heavy atom. The van der Waals surface area contributed by atoms with Crippen molar-refractivity contribution >= 4 is 11.3 Å². The van der Waals surface area contributed by atoms with E-state index in [1.807, 2.05) is 5.38 Å². The van der Waals surface area contributed by atoms with Crippen LogP contribution in [0.3, 0.4) is 0 Å². The van der Waals surface area contributed by atoms with Crippen LogP contribution < -0.4 is 5.32 Å². The second kappa shape index (κ2) is 5.75. The molecule has 1 fully saturated rings. The van der Waals surface area contributed by atoms with E-state index in [9.17, 15) is 13.2 Å². The highest BCUT2D eigenvalue weighted by Crippen LogP contribution is 2.32. The summed E-state index contributed by atoms with van der Waals surface area (Å²) in [5, 5.41) is 5.91. The predicted octanol–water partition coefficient (Wildman–Crippen LogP) is 3.49. The number of hydrogen-bond donors (Lipinski definition) is 1. The summed E-state index contributed by atoms with van der Waals surface area (Å²) in [4.78, 5) is 4.47. The highest BCUT2D eigenvalue weighted by atomic mass is 32.1. The summed E-state index contributed by atoms with van der Waals surface area (Å²) < 4.78 is 43.2. The number of thiazole rings is 1. The molecule has 3 nitrogen and oxygen atoms in total. The molecule has 1 aromatic heterocycles. The number of rotatable bonds is 2. The van der Waals surface area contributed by atoms with E-state index >= 15 is 0 Å². The van der Waals surface area contributed by atoms with Gasteiger partial charge >= 0.3 is 6.18 Å². The molecule has 0 bridgehead atoms. The van der Waals surface area contributed by atoms with Crippen molar-refractivity contribution in [3.63, 3.8) is 0 Å². The Hall–Kier alpha value is -1.44. The summed E-state index contributed by atoms with van der Waals surface area (Å²) in [6.45, 7) is 2.17. The van der Waals surface area contributed by atoms with E-state index < -0.39 is 11.7 Å². The van der Waals surface area contributed by atoms with E-state index in [0.29, 0.717) is 24.4 Å². The molecular weight excluding hydrogens is 301 g/mol. The molecule has 0 aliphatic carbocycles. The van der Waals surface area contributed by atoms with Crippen LogP contribution in [0.25, 0.3) is 11.3 Å². The van der Waals surface area contributed by atoms with Crippen molar-refractivity contribution < 1.29 is 17.9 Å². The lowest BCUT2D eigenvalue weighted by atomic mass is 10.1. The van der Waals surface area contributed by atoms with Crippen LogP contribution in [0.4, 0.5) is 13.2 Å². The SMILES string of the molecule is FC(F)(F)c1ccc(-c2csc(C3CNCCO3)n2)cc1. The van der Waals surface area contributed by atoms with Crippen molar-refractivity contribution in [1.82, 2.24) is 10.3 Å². The fourth-order valence-electron chi connectivity index (χ4n) is 2.12. The first-order chi connectivity index (χ1) is 10.0. The number of benzene rings is 1. The molecule has 0 spiro atoms. The molecule has 1 atom stereocenters. The maximum absolute atomic E-state index is 12.5. The number of alkyl halides is 3. The fourth-order valence-corrected chi connectivity index (χ4v) is 3.00. The quantitative estimate of drug-likeness (QED) is 0.921. The van der Waals surface area contributed by atoms with Crippen LogP contribution >= 0.6 is 11.3 Å². The topological polar surface area (TPSA) is 34.1 Å². The number of nitrogens with one attached hydrogen (secondary N) is 1. The Morgan fingerprint density at radius 1 is 1.24 bits per heavy atom. The minimum Gasteiger partial charge on any atom is -0.368 e. The van der Waals surface area contributed by atoms with Crippen LogP contribution in [0.15, 0.2) is 29.6 Å². The Labute approximate surface area is 123 Å². The second-order valence-electron chi connectivity index (χ2n) is 4.71. The largest absolute Gasteiger partial charge is 0.416 e. The summed E-state index contributed by atoms with van der Waals surface area (Å²) >= 11 is 1.46. The lowest BCUT2D eigenvalue weighted by Gasteiger charge is -2.21. The van der Waals surface area contributed by atoms with E-state index in [2.05, 4.69) is 10.3 Å². The summed E-state index contributed by atoms with van der Waals surface area (Å²) in [6.07, 6.45) is -4.39. The third kappa shape index (κ3) is 3.25. The van der Waals surface area contributed by atoms with Gasteiger partial charge in [0.25, 0.3) is 0 Å². The van der Waals surface area contributed by atoms with Gasteiger partial charge in [-0.25, -0.2) is 4.98 Å². The maximum atomic E-state index is 12.5. The first-order valence-corrected chi connectivity index (χ1v) is 7.37. The van der Waals surface area contributed by atoms with Crippen molar-refractivity contribution in [2.45, 2.75) is 12.3 Å². The molecule has 2 heterocycles. The van der Waals surface area contributed by atoms with Gasteiger partial charge in [-0.1, -0.05) is 12.1 Å². The molecule has 1 saturated heterocycles. The number of aromatic nitrogens is 1. The smallest absolute Gasteiger partial charge is 0.368 e. The van der Waals surface area contributed by atoms with Gasteiger partial charge in [0.2, 0.25) is 0 Å². The summed E-state index contributed by atoms with van der Waals surface area (Å²) in [5.74, 6) is 0. The first-order valence-electron chi connectivity index (χ1n) is 6.49. The van der Waals surface area contributed by atoms with Gasteiger partial charge < -0.3 is 10.1 Å². The van der Waals surface area contributed by atoms with E-state index in [1.165, 1.54) is 23.5 Å². The molecule has 0 radical (unpaired) electrons. The van der Waals surface area contributed by atoms with Gasteiger partial charge in [-0.2, -0.15) is 13.2 Å². The summed E-state index contributed by atoms with van der Waals surface area (Å²) in [6, 6.07) is 5.04. The van der Waals surface area contributed by atoms with E-state index in [1.54, 1.807) is 0 Å². The number of morpholine rings is 1. The molecule has 0 saturated carbocycles. The standard InChI is InChI=1S/C14H13F3N2OS/c15-14(16,17)10-3-1-9(2-4-10)11-8-21-13(19-11)12-7-18-5-6-20-12/h1-4,8,12,18H,5-7H2. The van der Waals surface area contributed by atoms with E-state index in [-0.39, 0.29) is 6.10 Å². The zero-order valence-electron chi connectivity index (χ0n) is 11.0. The Morgan fingerprint density at radius 3 is 2.62 bits per heavy atom. The first kappa shape index (κ1) is 14.5. The lowest BCUT2D eigenvalue weighted by Crippen LogP contribution is -2.33. The molecule has 1 aliphatic rings. The molecule has 1 N–H and O–H groups in total. The van der Waals surface area contributed by atoms with Gasteiger partial charge in [-0.3, -0.25) is 0 Å². The third-order valence-electron chi connectivity index (χ3n) is 3.23. The average molecular weight is 314 g/mol. The maximum Gasteiger partial charge on any atom is 0.416 e. The minimum atomic E-state index is -4.31. The molecule has 1 aromatic carbocycles. The van der Waals surface area contributed by atoms with Crippen molar-refractivity contribution in [2.24, 2.45) is 0 Å².